The number of aromatic nitrogens is 2. The monoisotopic (exact) mass is 512 g/mol. The van der Waals surface area contributed by atoms with Crippen molar-refractivity contribution < 1.29 is 18.7 Å². The lowest BCUT2D eigenvalue weighted by Gasteiger charge is -2.28. The first-order valence-corrected chi connectivity index (χ1v) is 12.5. The molecule has 0 radical (unpaired) electrons. The predicted octanol–water partition coefficient (Wildman–Crippen LogP) is 5.72. The highest BCUT2D eigenvalue weighted by Crippen LogP contribution is 2.33. The lowest BCUT2D eigenvalue weighted by molar-refractivity contribution is -0.141. The van der Waals surface area contributed by atoms with Crippen LogP contribution in [0.1, 0.15) is 39.7 Å². The van der Waals surface area contributed by atoms with E-state index in [1.54, 1.807) is 36.0 Å². The number of rotatable bonds is 8. The molecule has 1 aromatic heterocycles. The maximum absolute atomic E-state index is 14.9. The largest absolute Gasteiger partial charge is 0.491 e. The number of imide groups is 1. The molecule has 194 valence electrons. The lowest BCUT2D eigenvalue weighted by Crippen LogP contribution is -2.44. The van der Waals surface area contributed by atoms with E-state index < -0.39 is 17.6 Å². The van der Waals surface area contributed by atoms with Crippen molar-refractivity contribution in [1.29, 1.82) is 5.26 Å². The van der Waals surface area contributed by atoms with Gasteiger partial charge in [-0.1, -0.05) is 39.0 Å². The number of halogens is 1. The second-order valence-electron chi connectivity index (χ2n) is 9.49. The lowest BCUT2D eigenvalue weighted by atomic mass is 9.92. The third-order valence-corrected chi connectivity index (χ3v) is 6.10. The number of hydrogen-bond acceptors (Lipinski definition) is 5. The average molecular weight is 513 g/mol. The highest BCUT2D eigenvalue weighted by molar-refractivity contribution is 6.19. The van der Waals surface area contributed by atoms with Gasteiger partial charge in [0.1, 0.15) is 17.3 Å². The molecule has 0 bridgehead atoms. The van der Waals surface area contributed by atoms with Crippen molar-refractivity contribution in [2.24, 2.45) is 5.92 Å². The fraction of sp³-hybridized carbons (Fsp3) is 0.267. The molecule has 1 aliphatic heterocycles. The summed E-state index contributed by atoms with van der Waals surface area (Å²) in [4.78, 5) is 27.4. The quantitative estimate of drug-likeness (QED) is 0.285. The molecule has 0 saturated heterocycles. The van der Waals surface area contributed by atoms with Gasteiger partial charge in [0.05, 0.1) is 12.3 Å². The zero-order chi connectivity index (χ0) is 27.4. The number of hydrogen-bond donors (Lipinski definition) is 0. The van der Waals surface area contributed by atoms with E-state index in [9.17, 15) is 19.2 Å². The van der Waals surface area contributed by atoms with Crippen LogP contribution in [0.4, 0.5) is 4.39 Å². The Morgan fingerprint density at radius 1 is 1.13 bits per heavy atom. The van der Waals surface area contributed by atoms with E-state index in [1.165, 1.54) is 6.07 Å². The van der Waals surface area contributed by atoms with Gasteiger partial charge in [0.2, 0.25) is 0 Å². The zero-order valence-electron chi connectivity index (χ0n) is 21.9. The van der Waals surface area contributed by atoms with Crippen LogP contribution in [-0.2, 0) is 9.59 Å². The van der Waals surface area contributed by atoms with Gasteiger partial charge in [-0.25, -0.2) is 9.07 Å². The fourth-order valence-electron chi connectivity index (χ4n) is 4.22. The minimum atomic E-state index is -0.592. The molecule has 0 atom stereocenters. The molecule has 0 unspecified atom stereocenters. The van der Waals surface area contributed by atoms with Gasteiger partial charge in [0.15, 0.2) is 11.6 Å². The van der Waals surface area contributed by atoms with E-state index in [2.05, 4.69) is 0 Å². The molecule has 3 aromatic rings. The van der Waals surface area contributed by atoms with E-state index in [4.69, 9.17) is 9.84 Å². The molecule has 2 amide bonds. The van der Waals surface area contributed by atoms with Crippen molar-refractivity contribution in [3.8, 4) is 28.8 Å². The summed E-state index contributed by atoms with van der Waals surface area (Å²) in [5.41, 5.74) is 2.70. The van der Waals surface area contributed by atoms with E-state index in [1.807, 2.05) is 57.2 Å². The van der Waals surface area contributed by atoms with Crippen molar-refractivity contribution in [1.82, 2.24) is 14.7 Å². The molecule has 38 heavy (non-hydrogen) atoms. The minimum absolute atomic E-state index is 0.0234. The predicted molar refractivity (Wildman–Crippen MR) is 143 cm³/mol. The molecule has 7 nitrogen and oxygen atoms in total. The smallest absolute Gasteiger partial charge is 0.271 e. The van der Waals surface area contributed by atoms with Crippen LogP contribution in [0.2, 0.25) is 0 Å². The number of ether oxygens (including phenoxy) is 1. The first kappa shape index (κ1) is 26.6. The van der Waals surface area contributed by atoms with Crippen LogP contribution in [0.25, 0.3) is 23.0 Å². The summed E-state index contributed by atoms with van der Waals surface area (Å²) in [7, 11) is 0. The van der Waals surface area contributed by atoms with Crippen LogP contribution in [0.5, 0.6) is 5.75 Å². The Morgan fingerprint density at radius 2 is 1.87 bits per heavy atom. The van der Waals surface area contributed by atoms with Gasteiger partial charge < -0.3 is 4.74 Å². The molecule has 0 spiro atoms. The second-order valence-corrected chi connectivity index (χ2v) is 9.49. The van der Waals surface area contributed by atoms with Crippen molar-refractivity contribution >= 4 is 17.9 Å². The van der Waals surface area contributed by atoms with Gasteiger partial charge in [-0.05, 0) is 61.2 Å². The van der Waals surface area contributed by atoms with Crippen LogP contribution in [0, 0.1) is 23.1 Å². The summed E-state index contributed by atoms with van der Waals surface area (Å²) >= 11 is 0. The first-order chi connectivity index (χ1) is 18.2. The Balaban J connectivity index is 1.89. The van der Waals surface area contributed by atoms with Crippen LogP contribution in [-0.4, -0.2) is 39.6 Å². The standard InChI is InChI=1S/C30H29FN4O3/c1-5-13-38-27-12-11-21(15-26(27)31)28-22(18-35(33-28)23-9-7-6-8-10-23)14-24-20(4)25(16-32)30(37)34(29(24)36)17-19(2)3/h6-12,14-15,18-19H,5,13,17H2,1-4H3/b24-14+. The van der Waals surface area contributed by atoms with Crippen LogP contribution < -0.4 is 4.74 Å². The Morgan fingerprint density at radius 3 is 2.50 bits per heavy atom. The van der Waals surface area contributed by atoms with Crippen molar-refractivity contribution in [2.75, 3.05) is 13.2 Å². The normalized spacial score (nSPS) is 15.0. The van der Waals surface area contributed by atoms with Crippen molar-refractivity contribution in [3.63, 3.8) is 0 Å². The molecular formula is C30H29FN4O3. The van der Waals surface area contributed by atoms with Crippen LogP contribution in [0.15, 0.2) is 71.4 Å². The Kier molecular flexibility index (Phi) is 7.87. The van der Waals surface area contributed by atoms with E-state index in [-0.39, 0.29) is 29.4 Å². The molecular weight excluding hydrogens is 483 g/mol. The van der Waals surface area contributed by atoms with E-state index in [0.717, 1.165) is 17.0 Å². The summed E-state index contributed by atoms with van der Waals surface area (Å²) < 4.78 is 22.0. The van der Waals surface area contributed by atoms with Gasteiger partial charge in [0, 0.05) is 29.4 Å². The SMILES string of the molecule is CCCOc1ccc(-c2nn(-c3ccccc3)cc2/C=C2/C(=O)N(CC(C)C)C(=O)C(C#N)=C2C)cc1F. The van der Waals surface area contributed by atoms with E-state index >= 15 is 0 Å². The van der Waals surface area contributed by atoms with Gasteiger partial charge >= 0.3 is 0 Å². The summed E-state index contributed by atoms with van der Waals surface area (Å²) in [5.74, 6) is -1.41. The van der Waals surface area contributed by atoms with Crippen LogP contribution >= 0.6 is 0 Å². The first-order valence-electron chi connectivity index (χ1n) is 12.5. The summed E-state index contributed by atoms with van der Waals surface area (Å²) in [6.07, 6.45) is 4.12. The molecule has 1 aliphatic rings. The minimum Gasteiger partial charge on any atom is -0.491 e. The van der Waals surface area contributed by atoms with Gasteiger partial charge in [0.25, 0.3) is 11.8 Å². The van der Waals surface area contributed by atoms with Gasteiger partial charge in [-0.3, -0.25) is 14.5 Å². The number of nitriles is 1. The number of nitrogens with zero attached hydrogens (tertiary/aromatic N) is 4. The van der Waals surface area contributed by atoms with Crippen molar-refractivity contribution in [3.05, 3.63) is 82.8 Å². The molecule has 8 heteroatoms. The number of benzene rings is 2. The molecule has 0 saturated carbocycles. The number of para-hydroxylation sites is 1. The topological polar surface area (TPSA) is 88.2 Å². The highest BCUT2D eigenvalue weighted by Gasteiger charge is 2.36. The molecule has 4 rings (SSSR count). The molecule has 0 fully saturated rings. The molecule has 2 heterocycles. The van der Waals surface area contributed by atoms with E-state index in [0.29, 0.717) is 29.0 Å². The average Bonchev–Trinajstić information content (AvgIpc) is 3.33. The Hall–Kier alpha value is -4.51. The molecule has 0 N–H and O–H groups in total. The Labute approximate surface area is 221 Å². The number of amides is 2. The third kappa shape index (κ3) is 5.28. The van der Waals surface area contributed by atoms with Gasteiger partial charge in [-0.15, -0.1) is 0 Å². The fourth-order valence-corrected chi connectivity index (χ4v) is 4.22. The number of carbonyl (C=O) groups excluding carboxylic acids is 2. The second kappa shape index (κ2) is 11.3. The summed E-state index contributed by atoms with van der Waals surface area (Å²) in [6.45, 7) is 7.91. The van der Waals surface area contributed by atoms with Gasteiger partial charge in [-0.2, -0.15) is 10.4 Å². The zero-order valence-corrected chi connectivity index (χ0v) is 21.9. The number of carbonyl (C=O) groups is 2. The maximum Gasteiger partial charge on any atom is 0.271 e. The summed E-state index contributed by atoms with van der Waals surface area (Å²) in [6, 6.07) is 16.0. The maximum atomic E-state index is 14.9. The highest BCUT2D eigenvalue weighted by atomic mass is 19.1. The third-order valence-electron chi connectivity index (χ3n) is 6.10. The molecule has 0 aliphatic carbocycles. The van der Waals surface area contributed by atoms with Crippen molar-refractivity contribution in [2.45, 2.75) is 34.1 Å². The Bertz CT molecular complexity index is 1480. The summed E-state index contributed by atoms with van der Waals surface area (Å²) in [5, 5.41) is 14.4. The van der Waals surface area contributed by atoms with Crippen LogP contribution in [0.3, 0.4) is 0 Å². The molecule has 2 aromatic carbocycles.